The molecule has 0 atom stereocenters. The highest BCUT2D eigenvalue weighted by Crippen LogP contribution is 2.19. The first-order valence-electron chi connectivity index (χ1n) is 5.76. The quantitative estimate of drug-likeness (QED) is 0.622. The molecular weight excluding hydrogens is 268 g/mol. The zero-order valence-corrected chi connectivity index (χ0v) is 11.8. The number of nitrogen functional groups attached to an aromatic ring is 1. The molecule has 1 aromatic rings. The van der Waals surface area contributed by atoms with Gasteiger partial charge in [0.05, 0.1) is 18.6 Å². The van der Waals surface area contributed by atoms with Crippen LogP contribution in [-0.2, 0) is 19.6 Å². The van der Waals surface area contributed by atoms with Crippen LogP contribution in [0.15, 0.2) is 24.3 Å². The van der Waals surface area contributed by atoms with Gasteiger partial charge >= 0.3 is 5.97 Å². The van der Waals surface area contributed by atoms with Crippen LogP contribution in [0.5, 0.6) is 0 Å². The molecule has 7 heteroatoms. The number of nitrogens with two attached hydrogens (primary N) is 1. The second kappa shape index (κ2) is 6.42. The van der Waals surface area contributed by atoms with E-state index >= 15 is 0 Å². The highest BCUT2D eigenvalue weighted by molar-refractivity contribution is 7.92. The number of esters is 1. The molecule has 0 aromatic heterocycles. The summed E-state index contributed by atoms with van der Waals surface area (Å²) in [7, 11) is -0.730. The number of anilines is 2. The van der Waals surface area contributed by atoms with Crippen molar-refractivity contribution in [3.63, 3.8) is 0 Å². The summed E-state index contributed by atoms with van der Waals surface area (Å²) in [6, 6.07) is 6.61. The number of methoxy groups -OCH3 is 1. The van der Waals surface area contributed by atoms with Crippen molar-refractivity contribution in [3.05, 3.63) is 24.3 Å². The minimum absolute atomic E-state index is 0.0838. The maximum Gasteiger partial charge on any atom is 0.305 e. The van der Waals surface area contributed by atoms with Gasteiger partial charge in [0.1, 0.15) is 0 Å². The SMILES string of the molecule is COC(=O)CCCS(=O)(=O)N(C)c1cccc(N)c1. The Labute approximate surface area is 113 Å². The Morgan fingerprint density at radius 1 is 1.42 bits per heavy atom. The molecule has 0 unspecified atom stereocenters. The number of ether oxygens (including phenoxy) is 1. The summed E-state index contributed by atoms with van der Waals surface area (Å²) in [4.78, 5) is 10.9. The second-order valence-electron chi connectivity index (χ2n) is 4.06. The highest BCUT2D eigenvalue weighted by atomic mass is 32.2. The molecule has 0 radical (unpaired) electrons. The fourth-order valence-corrected chi connectivity index (χ4v) is 2.74. The van der Waals surface area contributed by atoms with Gasteiger partial charge in [-0.05, 0) is 24.6 Å². The van der Waals surface area contributed by atoms with Crippen LogP contribution in [0.1, 0.15) is 12.8 Å². The molecule has 0 fully saturated rings. The van der Waals surface area contributed by atoms with E-state index in [1.165, 1.54) is 18.5 Å². The first-order valence-corrected chi connectivity index (χ1v) is 7.36. The van der Waals surface area contributed by atoms with Gasteiger partial charge in [-0.1, -0.05) is 6.07 Å². The van der Waals surface area contributed by atoms with Crippen LogP contribution >= 0.6 is 0 Å². The minimum Gasteiger partial charge on any atom is -0.469 e. The number of carbonyl (C=O) groups is 1. The van der Waals surface area contributed by atoms with E-state index in [-0.39, 0.29) is 18.6 Å². The number of carbonyl (C=O) groups excluding carboxylic acids is 1. The number of sulfonamides is 1. The molecule has 0 bridgehead atoms. The summed E-state index contributed by atoms with van der Waals surface area (Å²) >= 11 is 0. The lowest BCUT2D eigenvalue weighted by Crippen LogP contribution is -2.29. The molecule has 106 valence electrons. The molecule has 1 aromatic carbocycles. The Morgan fingerprint density at radius 3 is 2.68 bits per heavy atom. The molecule has 0 spiro atoms. The number of nitrogens with zero attached hydrogens (tertiary/aromatic N) is 1. The lowest BCUT2D eigenvalue weighted by molar-refractivity contribution is -0.140. The van der Waals surface area contributed by atoms with Crippen molar-refractivity contribution in [2.75, 3.05) is 29.9 Å². The van der Waals surface area contributed by atoms with E-state index in [1.54, 1.807) is 24.3 Å². The lowest BCUT2D eigenvalue weighted by Gasteiger charge is -2.19. The number of hydrogen-bond donors (Lipinski definition) is 1. The molecule has 0 aliphatic carbocycles. The van der Waals surface area contributed by atoms with Gasteiger partial charge in [0.25, 0.3) is 0 Å². The van der Waals surface area contributed by atoms with Gasteiger partial charge in [0.2, 0.25) is 10.0 Å². The Morgan fingerprint density at radius 2 is 2.11 bits per heavy atom. The second-order valence-corrected chi connectivity index (χ2v) is 6.18. The Balaban J connectivity index is 2.69. The van der Waals surface area contributed by atoms with Crippen LogP contribution in [0.2, 0.25) is 0 Å². The van der Waals surface area contributed by atoms with Crippen molar-refractivity contribution in [1.82, 2.24) is 0 Å². The van der Waals surface area contributed by atoms with Crippen LogP contribution in [0.25, 0.3) is 0 Å². The summed E-state index contributed by atoms with van der Waals surface area (Å²) in [6.45, 7) is 0. The summed E-state index contributed by atoms with van der Waals surface area (Å²) < 4.78 is 29.7. The van der Waals surface area contributed by atoms with Gasteiger partial charge in [-0.3, -0.25) is 9.10 Å². The largest absolute Gasteiger partial charge is 0.469 e. The molecule has 0 aliphatic heterocycles. The molecule has 2 N–H and O–H groups in total. The highest BCUT2D eigenvalue weighted by Gasteiger charge is 2.18. The van der Waals surface area contributed by atoms with Crippen LogP contribution < -0.4 is 10.0 Å². The normalized spacial score (nSPS) is 11.1. The van der Waals surface area contributed by atoms with Gasteiger partial charge < -0.3 is 10.5 Å². The van der Waals surface area contributed by atoms with Crippen molar-refractivity contribution >= 4 is 27.4 Å². The van der Waals surface area contributed by atoms with E-state index in [4.69, 9.17) is 5.73 Å². The zero-order valence-electron chi connectivity index (χ0n) is 11.0. The maximum absolute atomic E-state index is 12.0. The van der Waals surface area contributed by atoms with Gasteiger partial charge in [-0.15, -0.1) is 0 Å². The van der Waals surface area contributed by atoms with E-state index in [2.05, 4.69) is 4.74 Å². The van der Waals surface area contributed by atoms with Crippen LogP contribution in [0.3, 0.4) is 0 Å². The van der Waals surface area contributed by atoms with Crippen molar-refractivity contribution < 1.29 is 17.9 Å². The van der Waals surface area contributed by atoms with Crippen LogP contribution in [0, 0.1) is 0 Å². The van der Waals surface area contributed by atoms with Crippen molar-refractivity contribution in [3.8, 4) is 0 Å². The standard InChI is InChI=1S/C12H18N2O4S/c1-14(11-6-3-5-10(13)9-11)19(16,17)8-4-7-12(15)18-2/h3,5-6,9H,4,7-8,13H2,1-2H3. The first-order chi connectivity index (χ1) is 8.86. The first kappa shape index (κ1) is 15.3. The Hall–Kier alpha value is -1.76. The van der Waals surface area contributed by atoms with E-state index < -0.39 is 16.0 Å². The number of hydrogen-bond acceptors (Lipinski definition) is 5. The fraction of sp³-hybridized carbons (Fsp3) is 0.417. The van der Waals surface area contributed by atoms with E-state index in [9.17, 15) is 13.2 Å². The fourth-order valence-electron chi connectivity index (χ4n) is 1.52. The van der Waals surface area contributed by atoms with Gasteiger partial charge in [0, 0.05) is 19.2 Å². The third-order valence-electron chi connectivity index (χ3n) is 2.66. The van der Waals surface area contributed by atoms with Gasteiger partial charge in [0.15, 0.2) is 0 Å². The summed E-state index contributed by atoms with van der Waals surface area (Å²) in [5.41, 5.74) is 6.61. The maximum atomic E-state index is 12.0. The minimum atomic E-state index is -3.46. The molecular formula is C12H18N2O4S. The van der Waals surface area contributed by atoms with Crippen molar-refractivity contribution in [2.45, 2.75) is 12.8 Å². The van der Waals surface area contributed by atoms with Crippen molar-refractivity contribution in [2.24, 2.45) is 0 Å². The smallest absolute Gasteiger partial charge is 0.305 e. The topological polar surface area (TPSA) is 89.7 Å². The Bertz CT molecular complexity index is 542. The third-order valence-corrected chi connectivity index (χ3v) is 4.51. The lowest BCUT2D eigenvalue weighted by atomic mass is 10.3. The summed E-state index contributed by atoms with van der Waals surface area (Å²) in [5, 5.41) is 0. The van der Waals surface area contributed by atoms with Crippen LogP contribution in [-0.4, -0.2) is 34.3 Å². The molecule has 19 heavy (non-hydrogen) atoms. The monoisotopic (exact) mass is 286 g/mol. The predicted molar refractivity (Wildman–Crippen MR) is 74.3 cm³/mol. The van der Waals surface area contributed by atoms with Gasteiger partial charge in [-0.2, -0.15) is 0 Å². The number of rotatable bonds is 6. The van der Waals surface area contributed by atoms with Crippen LogP contribution in [0.4, 0.5) is 11.4 Å². The molecule has 0 aliphatic rings. The van der Waals surface area contributed by atoms with Crippen molar-refractivity contribution in [1.29, 1.82) is 0 Å². The van der Waals surface area contributed by atoms with E-state index in [0.717, 1.165) is 0 Å². The molecule has 0 saturated carbocycles. The van der Waals surface area contributed by atoms with Gasteiger partial charge in [-0.25, -0.2) is 8.42 Å². The molecule has 0 saturated heterocycles. The average Bonchev–Trinajstić information content (AvgIpc) is 2.37. The zero-order chi connectivity index (χ0) is 14.5. The average molecular weight is 286 g/mol. The van der Waals surface area contributed by atoms with E-state index in [1.807, 2.05) is 0 Å². The summed E-state index contributed by atoms with van der Waals surface area (Å²) in [5.74, 6) is -0.533. The van der Waals surface area contributed by atoms with E-state index in [0.29, 0.717) is 11.4 Å². The molecule has 0 heterocycles. The number of benzene rings is 1. The third kappa shape index (κ3) is 4.44. The molecule has 0 amide bonds. The summed E-state index contributed by atoms with van der Waals surface area (Å²) in [6.07, 6.45) is 0.308. The molecule has 1 rings (SSSR count). The Kier molecular flexibility index (Phi) is 5.17. The molecule has 6 nitrogen and oxygen atoms in total. The predicted octanol–water partition coefficient (Wildman–Crippen LogP) is 0.988.